The zero-order valence-electron chi connectivity index (χ0n) is 17.1. The van der Waals surface area contributed by atoms with E-state index in [-0.39, 0.29) is 11.9 Å². The van der Waals surface area contributed by atoms with E-state index >= 15 is 0 Å². The van der Waals surface area contributed by atoms with Crippen molar-refractivity contribution in [2.24, 2.45) is 0 Å². The van der Waals surface area contributed by atoms with E-state index in [1.54, 1.807) is 0 Å². The van der Waals surface area contributed by atoms with E-state index in [4.69, 9.17) is 0 Å². The number of nitrogens with one attached hydrogen (secondary N) is 2. The molecule has 1 unspecified atom stereocenters. The molecule has 1 amide bonds. The number of fused-ring (bicyclic) bond motifs is 1. The summed E-state index contributed by atoms with van der Waals surface area (Å²) in [6, 6.07) is 16.3. The van der Waals surface area contributed by atoms with Crippen molar-refractivity contribution < 1.29 is 4.79 Å². The molecular formula is C24H26N4O. The zero-order valence-corrected chi connectivity index (χ0v) is 17.1. The molecule has 0 saturated carbocycles. The molecule has 0 spiro atoms. The summed E-state index contributed by atoms with van der Waals surface area (Å²) in [4.78, 5) is 15.8. The molecule has 2 aromatic heterocycles. The minimum atomic E-state index is -0.0942. The Hall–Kier alpha value is -3.34. The summed E-state index contributed by atoms with van der Waals surface area (Å²) in [5, 5.41) is 8.87. The SMILES string of the molecule is Cc1ccccc1-n1ncc(C(C)NC(=O)CCc2c[nH]c3ccccc23)c1C. The number of benzene rings is 2. The molecule has 0 aliphatic carbocycles. The second kappa shape index (κ2) is 7.95. The van der Waals surface area contributed by atoms with Gasteiger partial charge in [-0.05, 0) is 50.5 Å². The summed E-state index contributed by atoms with van der Waals surface area (Å²) in [6.45, 7) is 6.13. The van der Waals surface area contributed by atoms with Crippen molar-refractivity contribution in [1.29, 1.82) is 0 Å². The van der Waals surface area contributed by atoms with Crippen LogP contribution in [0.2, 0.25) is 0 Å². The van der Waals surface area contributed by atoms with Crippen LogP contribution in [0.3, 0.4) is 0 Å². The van der Waals surface area contributed by atoms with Crippen LogP contribution >= 0.6 is 0 Å². The Labute approximate surface area is 170 Å². The molecule has 2 N–H and O–H groups in total. The van der Waals surface area contributed by atoms with Crippen LogP contribution in [-0.4, -0.2) is 20.7 Å². The van der Waals surface area contributed by atoms with Crippen molar-refractivity contribution in [2.45, 2.75) is 39.7 Å². The molecule has 0 aliphatic heterocycles. The highest BCUT2D eigenvalue weighted by Crippen LogP contribution is 2.23. The fourth-order valence-corrected chi connectivity index (χ4v) is 3.87. The van der Waals surface area contributed by atoms with Gasteiger partial charge in [0.1, 0.15) is 0 Å². The lowest BCUT2D eigenvalue weighted by Gasteiger charge is -2.15. The lowest BCUT2D eigenvalue weighted by atomic mass is 10.1. The molecule has 29 heavy (non-hydrogen) atoms. The quantitative estimate of drug-likeness (QED) is 0.501. The van der Waals surface area contributed by atoms with Gasteiger partial charge in [0, 0.05) is 34.8 Å². The van der Waals surface area contributed by atoms with Gasteiger partial charge in [-0.1, -0.05) is 36.4 Å². The maximum atomic E-state index is 12.6. The van der Waals surface area contributed by atoms with Crippen molar-refractivity contribution >= 4 is 16.8 Å². The summed E-state index contributed by atoms with van der Waals surface area (Å²) in [5.41, 5.74) is 6.59. The molecule has 0 bridgehead atoms. The first-order valence-electron chi connectivity index (χ1n) is 9.99. The second-order valence-electron chi connectivity index (χ2n) is 7.53. The third-order valence-electron chi connectivity index (χ3n) is 5.53. The Morgan fingerprint density at radius 2 is 1.90 bits per heavy atom. The molecule has 4 rings (SSSR count). The lowest BCUT2D eigenvalue weighted by molar-refractivity contribution is -0.121. The molecule has 0 radical (unpaired) electrons. The Bertz CT molecular complexity index is 1150. The van der Waals surface area contributed by atoms with Gasteiger partial charge in [-0.15, -0.1) is 0 Å². The molecule has 1 atom stereocenters. The molecule has 0 aliphatic rings. The van der Waals surface area contributed by atoms with E-state index in [9.17, 15) is 4.79 Å². The monoisotopic (exact) mass is 386 g/mol. The normalized spacial score (nSPS) is 12.2. The van der Waals surface area contributed by atoms with E-state index in [1.807, 2.05) is 55.2 Å². The molecule has 2 heterocycles. The van der Waals surface area contributed by atoms with Crippen LogP contribution in [-0.2, 0) is 11.2 Å². The Morgan fingerprint density at radius 3 is 2.72 bits per heavy atom. The minimum Gasteiger partial charge on any atom is -0.361 e. The van der Waals surface area contributed by atoms with Crippen LogP contribution in [0.1, 0.15) is 41.8 Å². The fourth-order valence-electron chi connectivity index (χ4n) is 3.87. The van der Waals surface area contributed by atoms with Crippen molar-refractivity contribution in [3.05, 3.63) is 83.3 Å². The van der Waals surface area contributed by atoms with E-state index in [0.29, 0.717) is 12.8 Å². The molecule has 5 heteroatoms. The van der Waals surface area contributed by atoms with Gasteiger partial charge in [0.05, 0.1) is 17.9 Å². The number of para-hydroxylation sites is 2. The average molecular weight is 386 g/mol. The minimum absolute atomic E-state index is 0.0471. The molecule has 0 saturated heterocycles. The van der Waals surface area contributed by atoms with Crippen molar-refractivity contribution in [1.82, 2.24) is 20.1 Å². The first kappa shape index (κ1) is 19.0. The number of hydrogen-bond acceptors (Lipinski definition) is 2. The standard InChI is InChI=1S/C24H26N4O/c1-16-8-4-7-11-23(16)28-18(3)21(15-26-28)17(2)27-24(29)13-12-19-14-25-22-10-6-5-9-20(19)22/h4-11,14-15,17,25H,12-13H2,1-3H3,(H,27,29). The van der Waals surface area contributed by atoms with E-state index < -0.39 is 0 Å². The highest BCUT2D eigenvalue weighted by molar-refractivity contribution is 5.84. The first-order chi connectivity index (χ1) is 14.0. The Morgan fingerprint density at radius 1 is 1.14 bits per heavy atom. The highest BCUT2D eigenvalue weighted by atomic mass is 16.1. The summed E-state index contributed by atoms with van der Waals surface area (Å²) in [5.74, 6) is 0.0471. The second-order valence-corrected chi connectivity index (χ2v) is 7.53. The number of nitrogens with zero attached hydrogens (tertiary/aromatic N) is 2. The Balaban J connectivity index is 1.42. The lowest BCUT2D eigenvalue weighted by Crippen LogP contribution is -2.27. The van der Waals surface area contributed by atoms with E-state index in [1.165, 1.54) is 16.5 Å². The molecule has 2 aromatic carbocycles. The first-order valence-corrected chi connectivity index (χ1v) is 9.99. The third-order valence-corrected chi connectivity index (χ3v) is 5.53. The average Bonchev–Trinajstić information content (AvgIpc) is 3.30. The van der Waals surface area contributed by atoms with Gasteiger partial charge in [-0.25, -0.2) is 4.68 Å². The molecule has 0 fully saturated rings. The summed E-state index contributed by atoms with van der Waals surface area (Å²) in [6.07, 6.45) is 5.02. The molecular weight excluding hydrogens is 360 g/mol. The van der Waals surface area contributed by atoms with Gasteiger partial charge in [-0.3, -0.25) is 4.79 Å². The number of aromatic amines is 1. The van der Waals surface area contributed by atoms with Gasteiger partial charge in [0.25, 0.3) is 0 Å². The predicted molar refractivity (Wildman–Crippen MR) is 116 cm³/mol. The van der Waals surface area contributed by atoms with Crippen molar-refractivity contribution in [2.75, 3.05) is 0 Å². The van der Waals surface area contributed by atoms with E-state index in [2.05, 4.69) is 46.6 Å². The van der Waals surface area contributed by atoms with Crippen LogP contribution in [0.25, 0.3) is 16.6 Å². The fraction of sp³-hybridized carbons (Fsp3) is 0.250. The van der Waals surface area contributed by atoms with Crippen LogP contribution in [0.4, 0.5) is 0 Å². The zero-order chi connectivity index (χ0) is 20.4. The summed E-state index contributed by atoms with van der Waals surface area (Å²) in [7, 11) is 0. The number of aryl methyl sites for hydroxylation is 2. The van der Waals surface area contributed by atoms with Gasteiger partial charge < -0.3 is 10.3 Å². The summed E-state index contributed by atoms with van der Waals surface area (Å²) >= 11 is 0. The molecule has 5 nitrogen and oxygen atoms in total. The largest absolute Gasteiger partial charge is 0.361 e. The third kappa shape index (κ3) is 3.81. The maximum absolute atomic E-state index is 12.6. The van der Waals surface area contributed by atoms with Crippen LogP contribution < -0.4 is 5.32 Å². The predicted octanol–water partition coefficient (Wildman–Crippen LogP) is 4.78. The van der Waals surface area contributed by atoms with Crippen LogP contribution in [0.5, 0.6) is 0 Å². The Kier molecular flexibility index (Phi) is 5.21. The van der Waals surface area contributed by atoms with Gasteiger partial charge in [0.2, 0.25) is 5.91 Å². The number of carbonyl (C=O) groups excluding carboxylic acids is 1. The van der Waals surface area contributed by atoms with Crippen LogP contribution in [0, 0.1) is 13.8 Å². The number of aromatic nitrogens is 3. The van der Waals surface area contributed by atoms with Crippen LogP contribution in [0.15, 0.2) is 60.9 Å². The smallest absolute Gasteiger partial charge is 0.220 e. The number of carbonyl (C=O) groups is 1. The topological polar surface area (TPSA) is 62.7 Å². The molecule has 148 valence electrons. The van der Waals surface area contributed by atoms with Crippen molar-refractivity contribution in [3.8, 4) is 5.69 Å². The molecule has 4 aromatic rings. The summed E-state index contributed by atoms with van der Waals surface area (Å²) < 4.78 is 1.94. The van der Waals surface area contributed by atoms with E-state index in [0.717, 1.165) is 22.5 Å². The number of hydrogen-bond donors (Lipinski definition) is 2. The maximum Gasteiger partial charge on any atom is 0.220 e. The van der Waals surface area contributed by atoms with Gasteiger partial charge in [0.15, 0.2) is 0 Å². The van der Waals surface area contributed by atoms with Gasteiger partial charge in [-0.2, -0.15) is 5.10 Å². The van der Waals surface area contributed by atoms with Crippen molar-refractivity contribution in [3.63, 3.8) is 0 Å². The number of H-pyrrole nitrogens is 1. The number of rotatable bonds is 6. The van der Waals surface area contributed by atoms with Gasteiger partial charge >= 0.3 is 0 Å². The highest BCUT2D eigenvalue weighted by Gasteiger charge is 2.17. The number of amides is 1.